The smallest absolute Gasteiger partial charge is 0.244 e. The highest BCUT2D eigenvalue weighted by atomic mass is 32.2. The van der Waals surface area contributed by atoms with Gasteiger partial charge >= 0.3 is 0 Å². The minimum atomic E-state index is -4.22. The van der Waals surface area contributed by atoms with Crippen LogP contribution in [0, 0.1) is 5.82 Å². The Bertz CT molecular complexity index is 1160. The van der Waals surface area contributed by atoms with Crippen molar-refractivity contribution in [2.24, 2.45) is 0 Å². The number of nitrogens with zero attached hydrogens (tertiary/aromatic N) is 2. The second-order valence-electron chi connectivity index (χ2n) is 7.97. The highest BCUT2D eigenvalue weighted by molar-refractivity contribution is 7.89. The molecule has 1 saturated heterocycles. The van der Waals surface area contributed by atoms with E-state index in [1.165, 1.54) is 23.1 Å². The third kappa shape index (κ3) is 6.05. The number of hydrogen-bond donors (Lipinski definition) is 1. The number of sulfonamides is 1. The molecule has 0 bridgehead atoms. The Hall–Kier alpha value is -2.59. The lowest BCUT2D eigenvalue weighted by Crippen LogP contribution is -2.55. The highest BCUT2D eigenvalue weighted by Gasteiger charge is 2.32. The molecule has 1 amide bonds. The first-order valence-corrected chi connectivity index (χ1v) is 13.1. The zero-order valence-electron chi connectivity index (χ0n) is 18.1. The summed E-state index contributed by atoms with van der Waals surface area (Å²) in [5.74, 6) is -1.15. The molecule has 0 unspecified atom stereocenters. The molecule has 3 aromatic rings. The second kappa shape index (κ2) is 10.6. The molecule has 1 aliphatic heterocycles. The Kier molecular flexibility index (Phi) is 7.54. The SMILES string of the molecule is O=C([C@H](Cc1ccccc1)NS(=O)(=O)c1ccccc1F)N1CCN(Cc2cccs2)CC1. The molecule has 9 heteroatoms. The van der Waals surface area contributed by atoms with E-state index in [2.05, 4.69) is 15.7 Å². The molecule has 1 fully saturated rings. The van der Waals surface area contributed by atoms with Crippen molar-refractivity contribution in [3.63, 3.8) is 0 Å². The monoisotopic (exact) mass is 487 g/mol. The number of thiophene rings is 1. The Labute approximate surface area is 197 Å². The van der Waals surface area contributed by atoms with Crippen LogP contribution in [0.25, 0.3) is 0 Å². The van der Waals surface area contributed by atoms with Gasteiger partial charge in [0.05, 0.1) is 0 Å². The Morgan fingerprint density at radius 1 is 0.970 bits per heavy atom. The van der Waals surface area contributed by atoms with Gasteiger partial charge in [-0.1, -0.05) is 48.5 Å². The van der Waals surface area contributed by atoms with Crippen LogP contribution in [0.3, 0.4) is 0 Å². The lowest BCUT2D eigenvalue weighted by molar-refractivity contribution is -0.134. The van der Waals surface area contributed by atoms with E-state index < -0.39 is 26.8 Å². The highest BCUT2D eigenvalue weighted by Crippen LogP contribution is 2.18. The standard InChI is InChI=1S/C24H26FN3O3S2/c25-21-10-4-5-11-23(21)33(30,31)26-22(17-19-7-2-1-3-8-19)24(29)28-14-12-27(13-15-28)18-20-9-6-16-32-20/h1-11,16,22,26H,12-15,17-18H2/t22-/m0/s1. The van der Waals surface area contributed by atoms with Crippen LogP contribution in [0.5, 0.6) is 0 Å². The summed E-state index contributed by atoms with van der Waals surface area (Å²) in [5, 5.41) is 2.05. The van der Waals surface area contributed by atoms with Gasteiger partial charge in [-0.15, -0.1) is 11.3 Å². The molecule has 0 saturated carbocycles. The largest absolute Gasteiger partial charge is 0.339 e. The van der Waals surface area contributed by atoms with Gasteiger partial charge in [-0.05, 0) is 35.6 Å². The predicted octanol–water partition coefficient (Wildman–Crippen LogP) is 3.12. The molecular weight excluding hydrogens is 461 g/mol. The maximum Gasteiger partial charge on any atom is 0.244 e. The van der Waals surface area contributed by atoms with E-state index in [1.807, 2.05) is 41.8 Å². The first-order chi connectivity index (χ1) is 15.9. The van der Waals surface area contributed by atoms with Gasteiger partial charge in [0.15, 0.2) is 0 Å². The van der Waals surface area contributed by atoms with Crippen LogP contribution in [0.4, 0.5) is 4.39 Å². The Morgan fingerprint density at radius 3 is 2.33 bits per heavy atom. The summed E-state index contributed by atoms with van der Waals surface area (Å²) >= 11 is 1.71. The fraction of sp³-hybridized carbons (Fsp3) is 0.292. The molecule has 1 N–H and O–H groups in total. The van der Waals surface area contributed by atoms with Crippen LogP contribution in [0.2, 0.25) is 0 Å². The third-order valence-corrected chi connectivity index (χ3v) is 8.01. The van der Waals surface area contributed by atoms with Crippen LogP contribution in [-0.2, 0) is 27.8 Å². The first-order valence-electron chi connectivity index (χ1n) is 10.8. The number of hydrogen-bond acceptors (Lipinski definition) is 5. The van der Waals surface area contributed by atoms with Crippen LogP contribution >= 0.6 is 11.3 Å². The van der Waals surface area contributed by atoms with E-state index in [1.54, 1.807) is 16.2 Å². The molecule has 2 heterocycles. The molecule has 2 aromatic carbocycles. The number of rotatable bonds is 8. The van der Waals surface area contributed by atoms with Gasteiger partial charge in [0.2, 0.25) is 15.9 Å². The fourth-order valence-electron chi connectivity index (χ4n) is 3.91. The quantitative estimate of drug-likeness (QED) is 0.530. The minimum Gasteiger partial charge on any atom is -0.339 e. The predicted molar refractivity (Wildman–Crippen MR) is 127 cm³/mol. The first kappa shape index (κ1) is 23.6. The average Bonchev–Trinajstić information content (AvgIpc) is 3.32. The van der Waals surface area contributed by atoms with Gasteiger partial charge in [-0.2, -0.15) is 4.72 Å². The lowest BCUT2D eigenvalue weighted by atomic mass is 10.1. The average molecular weight is 488 g/mol. The summed E-state index contributed by atoms with van der Waals surface area (Å²) in [5.41, 5.74) is 0.823. The number of carbonyl (C=O) groups excluding carboxylic acids is 1. The summed E-state index contributed by atoms with van der Waals surface area (Å²) in [6.45, 7) is 3.28. The molecule has 1 atom stereocenters. The molecule has 174 valence electrons. The summed E-state index contributed by atoms with van der Waals surface area (Å²) in [7, 11) is -4.22. The Morgan fingerprint density at radius 2 is 1.67 bits per heavy atom. The third-order valence-electron chi connectivity index (χ3n) is 5.65. The number of piperazine rings is 1. The van der Waals surface area contributed by atoms with Gasteiger partial charge in [0, 0.05) is 37.6 Å². The van der Waals surface area contributed by atoms with E-state index >= 15 is 0 Å². The fourth-order valence-corrected chi connectivity index (χ4v) is 5.93. The van der Waals surface area contributed by atoms with E-state index in [0.717, 1.165) is 18.2 Å². The molecular formula is C24H26FN3O3S2. The van der Waals surface area contributed by atoms with Crippen molar-refractivity contribution < 1.29 is 17.6 Å². The molecule has 4 rings (SSSR count). The van der Waals surface area contributed by atoms with Crippen molar-refractivity contribution in [1.82, 2.24) is 14.5 Å². The van der Waals surface area contributed by atoms with Crippen molar-refractivity contribution in [2.45, 2.75) is 23.9 Å². The number of nitrogens with one attached hydrogen (secondary N) is 1. The summed E-state index contributed by atoms with van der Waals surface area (Å²) in [4.78, 5) is 18.2. The normalized spacial score (nSPS) is 16.0. The zero-order valence-corrected chi connectivity index (χ0v) is 19.7. The molecule has 0 spiro atoms. The number of carbonyl (C=O) groups is 1. The van der Waals surface area contributed by atoms with Gasteiger partial charge in [0.1, 0.15) is 16.8 Å². The minimum absolute atomic E-state index is 0.183. The molecule has 0 aliphatic carbocycles. The molecule has 0 radical (unpaired) electrons. The molecule has 1 aromatic heterocycles. The maximum atomic E-state index is 14.2. The van der Waals surface area contributed by atoms with Crippen molar-refractivity contribution in [1.29, 1.82) is 0 Å². The van der Waals surface area contributed by atoms with Crippen molar-refractivity contribution >= 4 is 27.3 Å². The summed E-state index contributed by atoms with van der Waals surface area (Å²) < 4.78 is 42.6. The van der Waals surface area contributed by atoms with Crippen LogP contribution < -0.4 is 4.72 Å². The van der Waals surface area contributed by atoms with Crippen LogP contribution in [0.15, 0.2) is 77.0 Å². The summed E-state index contributed by atoms with van der Waals surface area (Å²) in [6.07, 6.45) is 0.183. The number of amides is 1. The van der Waals surface area contributed by atoms with E-state index in [9.17, 15) is 17.6 Å². The zero-order chi connectivity index (χ0) is 23.3. The topological polar surface area (TPSA) is 69.7 Å². The van der Waals surface area contributed by atoms with Gasteiger partial charge in [-0.25, -0.2) is 12.8 Å². The summed E-state index contributed by atoms with van der Waals surface area (Å²) in [6, 6.07) is 17.5. The van der Waals surface area contributed by atoms with Crippen molar-refractivity contribution in [3.8, 4) is 0 Å². The maximum absolute atomic E-state index is 14.2. The molecule has 33 heavy (non-hydrogen) atoms. The molecule has 6 nitrogen and oxygen atoms in total. The molecule has 1 aliphatic rings. The van der Waals surface area contributed by atoms with Gasteiger partial charge in [-0.3, -0.25) is 9.69 Å². The lowest BCUT2D eigenvalue weighted by Gasteiger charge is -2.36. The van der Waals surface area contributed by atoms with Crippen molar-refractivity contribution in [3.05, 3.63) is 88.4 Å². The van der Waals surface area contributed by atoms with Crippen LogP contribution in [-0.4, -0.2) is 56.3 Å². The van der Waals surface area contributed by atoms with Gasteiger partial charge in [0.25, 0.3) is 0 Å². The van der Waals surface area contributed by atoms with E-state index in [4.69, 9.17) is 0 Å². The van der Waals surface area contributed by atoms with Crippen LogP contribution in [0.1, 0.15) is 10.4 Å². The van der Waals surface area contributed by atoms with E-state index in [-0.39, 0.29) is 12.3 Å². The van der Waals surface area contributed by atoms with Gasteiger partial charge < -0.3 is 4.90 Å². The van der Waals surface area contributed by atoms with E-state index in [0.29, 0.717) is 26.2 Å². The van der Waals surface area contributed by atoms with Crippen molar-refractivity contribution in [2.75, 3.05) is 26.2 Å². The Balaban J connectivity index is 1.48. The number of halogens is 1. The second-order valence-corrected chi connectivity index (χ2v) is 10.7. The number of benzene rings is 2.